The Morgan fingerprint density at radius 3 is 2.24 bits per heavy atom. The van der Waals surface area contributed by atoms with Crippen molar-refractivity contribution in [1.82, 2.24) is 0 Å². The van der Waals surface area contributed by atoms with Crippen LogP contribution in [0.1, 0.15) is 23.2 Å². The maximum atomic E-state index is 12.3. The van der Waals surface area contributed by atoms with Crippen molar-refractivity contribution in [2.24, 2.45) is 5.92 Å². The minimum atomic E-state index is -0.229. The molecule has 0 spiro atoms. The van der Waals surface area contributed by atoms with E-state index in [-0.39, 0.29) is 17.7 Å². The lowest BCUT2D eigenvalue weighted by Gasteiger charge is -2.11. The van der Waals surface area contributed by atoms with Crippen LogP contribution in [-0.4, -0.2) is 11.8 Å². The third-order valence-corrected chi connectivity index (χ3v) is 3.41. The molecule has 1 saturated carbocycles. The van der Waals surface area contributed by atoms with Crippen LogP contribution in [0.2, 0.25) is 0 Å². The summed E-state index contributed by atoms with van der Waals surface area (Å²) in [4.78, 5) is 24.2. The molecule has 21 heavy (non-hydrogen) atoms. The zero-order chi connectivity index (χ0) is 14.7. The summed E-state index contributed by atoms with van der Waals surface area (Å²) in [6.07, 6.45) is 1.87. The number of rotatable bonds is 4. The fraction of sp³-hybridized carbons (Fsp3) is 0.176. The van der Waals surface area contributed by atoms with E-state index in [0.717, 1.165) is 18.5 Å². The molecule has 0 heterocycles. The van der Waals surface area contributed by atoms with Gasteiger partial charge in [0.15, 0.2) is 0 Å². The topological polar surface area (TPSA) is 58.2 Å². The van der Waals surface area contributed by atoms with Gasteiger partial charge in [-0.3, -0.25) is 9.59 Å². The quantitative estimate of drug-likeness (QED) is 0.903. The first-order valence-corrected chi connectivity index (χ1v) is 7.00. The normalized spacial score (nSPS) is 13.5. The molecule has 0 unspecified atom stereocenters. The number of para-hydroxylation sites is 2. The van der Waals surface area contributed by atoms with Crippen LogP contribution in [0.15, 0.2) is 54.6 Å². The van der Waals surface area contributed by atoms with Gasteiger partial charge in [0.2, 0.25) is 5.91 Å². The van der Waals surface area contributed by atoms with Crippen LogP contribution in [0.3, 0.4) is 0 Å². The summed E-state index contributed by atoms with van der Waals surface area (Å²) in [6.45, 7) is 0. The lowest BCUT2D eigenvalue weighted by molar-refractivity contribution is -0.117. The van der Waals surface area contributed by atoms with Crippen LogP contribution in [0.25, 0.3) is 0 Å². The molecule has 1 aliphatic carbocycles. The zero-order valence-electron chi connectivity index (χ0n) is 11.5. The molecular weight excluding hydrogens is 264 g/mol. The third kappa shape index (κ3) is 3.28. The maximum absolute atomic E-state index is 12.3. The van der Waals surface area contributed by atoms with Crippen LogP contribution >= 0.6 is 0 Å². The number of carbonyl (C=O) groups excluding carboxylic acids is 2. The van der Waals surface area contributed by atoms with Gasteiger partial charge in [0.05, 0.1) is 11.3 Å². The number of hydrogen-bond donors (Lipinski definition) is 2. The Labute approximate surface area is 123 Å². The van der Waals surface area contributed by atoms with Crippen LogP contribution in [-0.2, 0) is 4.79 Å². The monoisotopic (exact) mass is 280 g/mol. The Morgan fingerprint density at radius 1 is 0.857 bits per heavy atom. The van der Waals surface area contributed by atoms with Crippen molar-refractivity contribution >= 4 is 23.2 Å². The first-order chi connectivity index (χ1) is 10.2. The predicted octanol–water partition coefficient (Wildman–Crippen LogP) is 3.29. The summed E-state index contributed by atoms with van der Waals surface area (Å²) < 4.78 is 0. The van der Waals surface area contributed by atoms with Crippen molar-refractivity contribution in [3.8, 4) is 0 Å². The van der Waals surface area contributed by atoms with Crippen molar-refractivity contribution in [2.45, 2.75) is 12.8 Å². The minimum absolute atomic E-state index is 0.00467. The minimum Gasteiger partial charge on any atom is -0.325 e. The second-order valence-electron chi connectivity index (χ2n) is 5.13. The Bertz CT molecular complexity index is 664. The van der Waals surface area contributed by atoms with Crippen molar-refractivity contribution in [3.63, 3.8) is 0 Å². The van der Waals surface area contributed by atoms with Gasteiger partial charge in [-0.05, 0) is 37.1 Å². The molecule has 1 fully saturated rings. The number of amides is 2. The van der Waals surface area contributed by atoms with Gasteiger partial charge in [0, 0.05) is 11.6 Å². The lowest BCUT2D eigenvalue weighted by Crippen LogP contribution is -2.19. The first kappa shape index (κ1) is 13.4. The van der Waals surface area contributed by atoms with Crippen LogP contribution in [0.5, 0.6) is 0 Å². The van der Waals surface area contributed by atoms with Gasteiger partial charge in [0.1, 0.15) is 0 Å². The molecule has 0 atom stereocenters. The molecule has 2 aromatic carbocycles. The molecule has 4 heteroatoms. The summed E-state index contributed by atoms with van der Waals surface area (Å²) in [6, 6.07) is 16.3. The number of hydrogen-bond acceptors (Lipinski definition) is 2. The summed E-state index contributed by atoms with van der Waals surface area (Å²) in [5, 5.41) is 5.67. The van der Waals surface area contributed by atoms with Gasteiger partial charge in [-0.15, -0.1) is 0 Å². The fourth-order valence-corrected chi connectivity index (χ4v) is 2.09. The Kier molecular flexibility index (Phi) is 3.69. The number of carbonyl (C=O) groups is 2. The van der Waals surface area contributed by atoms with Crippen LogP contribution in [0, 0.1) is 5.92 Å². The number of nitrogens with one attached hydrogen (secondary N) is 2. The van der Waals surface area contributed by atoms with Crippen molar-refractivity contribution < 1.29 is 9.59 Å². The van der Waals surface area contributed by atoms with E-state index in [1.165, 1.54) is 0 Å². The number of anilines is 2. The van der Waals surface area contributed by atoms with Crippen molar-refractivity contribution in [2.75, 3.05) is 10.6 Å². The van der Waals surface area contributed by atoms with Gasteiger partial charge in [-0.2, -0.15) is 0 Å². The van der Waals surface area contributed by atoms with Gasteiger partial charge < -0.3 is 10.6 Å². The summed E-state index contributed by atoms with van der Waals surface area (Å²) in [7, 11) is 0. The summed E-state index contributed by atoms with van der Waals surface area (Å²) in [5.74, 6) is -0.127. The molecule has 0 saturated heterocycles. The van der Waals surface area contributed by atoms with E-state index >= 15 is 0 Å². The van der Waals surface area contributed by atoms with E-state index in [1.807, 2.05) is 36.4 Å². The van der Waals surface area contributed by atoms with Gasteiger partial charge in [-0.25, -0.2) is 0 Å². The van der Waals surface area contributed by atoms with Gasteiger partial charge >= 0.3 is 0 Å². The molecule has 0 aromatic heterocycles. The van der Waals surface area contributed by atoms with E-state index < -0.39 is 0 Å². The van der Waals surface area contributed by atoms with Crippen LogP contribution in [0.4, 0.5) is 11.4 Å². The molecule has 3 rings (SSSR count). The van der Waals surface area contributed by atoms with E-state index in [9.17, 15) is 9.59 Å². The van der Waals surface area contributed by atoms with E-state index in [1.54, 1.807) is 18.2 Å². The molecule has 0 bridgehead atoms. The van der Waals surface area contributed by atoms with E-state index in [0.29, 0.717) is 11.3 Å². The van der Waals surface area contributed by atoms with Crippen LogP contribution < -0.4 is 10.6 Å². The Hall–Kier alpha value is -2.62. The molecule has 0 radical (unpaired) electrons. The second kappa shape index (κ2) is 5.79. The highest BCUT2D eigenvalue weighted by molar-refractivity contribution is 6.10. The highest BCUT2D eigenvalue weighted by Gasteiger charge is 2.30. The fourth-order valence-electron chi connectivity index (χ4n) is 2.09. The molecule has 1 aliphatic rings. The molecule has 106 valence electrons. The zero-order valence-corrected chi connectivity index (χ0v) is 11.5. The largest absolute Gasteiger partial charge is 0.325 e. The summed E-state index contributed by atoms with van der Waals surface area (Å²) >= 11 is 0. The highest BCUT2D eigenvalue weighted by Crippen LogP contribution is 2.30. The maximum Gasteiger partial charge on any atom is 0.257 e. The Balaban J connectivity index is 1.77. The highest BCUT2D eigenvalue weighted by atomic mass is 16.2. The standard InChI is InChI=1S/C17H16N2O2/c20-16(12-10-11-12)19-15-9-5-4-8-14(15)17(21)18-13-6-2-1-3-7-13/h1-9,12H,10-11H2,(H,18,21)(H,19,20). The molecular formula is C17H16N2O2. The molecule has 0 aliphatic heterocycles. The van der Waals surface area contributed by atoms with Gasteiger partial charge in [-0.1, -0.05) is 30.3 Å². The van der Waals surface area contributed by atoms with E-state index in [2.05, 4.69) is 10.6 Å². The smallest absolute Gasteiger partial charge is 0.257 e. The molecule has 2 amide bonds. The first-order valence-electron chi connectivity index (χ1n) is 7.00. The second-order valence-corrected chi connectivity index (χ2v) is 5.13. The lowest BCUT2D eigenvalue weighted by atomic mass is 10.1. The molecule has 2 N–H and O–H groups in total. The molecule has 4 nitrogen and oxygen atoms in total. The van der Waals surface area contributed by atoms with Crippen molar-refractivity contribution in [3.05, 3.63) is 60.2 Å². The average molecular weight is 280 g/mol. The third-order valence-electron chi connectivity index (χ3n) is 3.41. The predicted molar refractivity (Wildman–Crippen MR) is 82.2 cm³/mol. The average Bonchev–Trinajstić information content (AvgIpc) is 3.33. The number of benzene rings is 2. The Morgan fingerprint density at radius 2 is 1.52 bits per heavy atom. The van der Waals surface area contributed by atoms with Gasteiger partial charge in [0.25, 0.3) is 5.91 Å². The van der Waals surface area contributed by atoms with E-state index in [4.69, 9.17) is 0 Å². The SMILES string of the molecule is O=C(Nc1ccccc1)c1ccccc1NC(=O)C1CC1. The molecule has 2 aromatic rings. The summed E-state index contributed by atoms with van der Waals surface area (Å²) in [5.41, 5.74) is 1.75. The van der Waals surface area contributed by atoms with Crippen molar-refractivity contribution in [1.29, 1.82) is 0 Å².